The van der Waals surface area contributed by atoms with E-state index in [1.54, 1.807) is 0 Å². The van der Waals surface area contributed by atoms with Crippen molar-refractivity contribution < 1.29 is 5.11 Å². The van der Waals surface area contributed by atoms with Gasteiger partial charge in [0.2, 0.25) is 0 Å². The van der Waals surface area contributed by atoms with E-state index in [0.717, 1.165) is 29.6 Å². The summed E-state index contributed by atoms with van der Waals surface area (Å²) in [5.41, 5.74) is 1.09. The molecule has 9 atom stereocenters. The van der Waals surface area contributed by atoms with Crippen LogP contribution in [0.2, 0.25) is 0 Å². The summed E-state index contributed by atoms with van der Waals surface area (Å²) in [7, 11) is 0. The molecular weight excluding hydrogens is 304 g/mol. The molecule has 0 heterocycles. The Morgan fingerprint density at radius 1 is 1.00 bits per heavy atom. The van der Waals surface area contributed by atoms with Crippen molar-refractivity contribution in [3.05, 3.63) is 0 Å². The number of fused-ring (bicyclic) bond motifs is 5. The third kappa shape index (κ3) is 2.66. The minimum absolute atomic E-state index is 0.109. The van der Waals surface area contributed by atoms with Crippen LogP contribution in [0.1, 0.15) is 98.3 Å². The first-order chi connectivity index (χ1) is 11.9. The average molecular weight is 347 g/mol. The molecule has 25 heavy (non-hydrogen) atoms. The smallest absolute Gasteiger partial charge is 0.0545 e. The fraction of sp³-hybridized carbons (Fsp3) is 1.00. The Hall–Kier alpha value is -0.0400. The SMILES string of the molecule is CCC12CCCC(C)CC1CCC1C3CCC(C(C)O)C3(C)CCC12. The van der Waals surface area contributed by atoms with Crippen molar-refractivity contribution >= 4 is 0 Å². The summed E-state index contributed by atoms with van der Waals surface area (Å²) < 4.78 is 0. The molecule has 0 aromatic heterocycles. The lowest BCUT2D eigenvalue weighted by Gasteiger charge is -2.60. The molecule has 0 aromatic carbocycles. The molecule has 4 aliphatic rings. The number of aliphatic hydroxyl groups is 1. The predicted molar refractivity (Wildman–Crippen MR) is 105 cm³/mol. The number of rotatable bonds is 2. The van der Waals surface area contributed by atoms with E-state index in [1.165, 1.54) is 70.6 Å². The zero-order valence-electron chi connectivity index (χ0n) is 17.3. The Balaban J connectivity index is 1.64. The highest BCUT2D eigenvalue weighted by Crippen LogP contribution is 2.68. The second kappa shape index (κ2) is 6.54. The van der Waals surface area contributed by atoms with Crippen molar-refractivity contribution in [2.45, 2.75) is 104 Å². The van der Waals surface area contributed by atoms with Gasteiger partial charge in [0, 0.05) is 0 Å². The van der Waals surface area contributed by atoms with Crippen molar-refractivity contribution in [2.24, 2.45) is 46.3 Å². The topological polar surface area (TPSA) is 20.2 Å². The summed E-state index contributed by atoms with van der Waals surface area (Å²) in [6.45, 7) is 9.64. The van der Waals surface area contributed by atoms with Gasteiger partial charge in [-0.1, -0.05) is 33.6 Å². The zero-order chi connectivity index (χ0) is 17.8. The molecule has 1 N–H and O–H groups in total. The highest BCUT2D eigenvalue weighted by Gasteiger charge is 2.60. The van der Waals surface area contributed by atoms with Gasteiger partial charge < -0.3 is 5.11 Å². The van der Waals surface area contributed by atoms with Crippen LogP contribution in [0.4, 0.5) is 0 Å². The normalized spacial score (nSPS) is 54.1. The van der Waals surface area contributed by atoms with Gasteiger partial charge in [0.1, 0.15) is 0 Å². The molecule has 0 aliphatic heterocycles. The van der Waals surface area contributed by atoms with E-state index in [4.69, 9.17) is 0 Å². The Labute approximate surface area is 156 Å². The molecule has 1 heteroatoms. The van der Waals surface area contributed by atoms with Crippen LogP contribution >= 0.6 is 0 Å². The molecule has 0 radical (unpaired) electrons. The van der Waals surface area contributed by atoms with Gasteiger partial charge in [-0.3, -0.25) is 0 Å². The minimum atomic E-state index is -0.109. The van der Waals surface area contributed by atoms with Crippen molar-refractivity contribution in [3.63, 3.8) is 0 Å². The van der Waals surface area contributed by atoms with Gasteiger partial charge in [0.25, 0.3) is 0 Å². The van der Waals surface area contributed by atoms with E-state index in [-0.39, 0.29) is 6.10 Å². The van der Waals surface area contributed by atoms with Crippen LogP contribution < -0.4 is 0 Å². The molecule has 4 aliphatic carbocycles. The van der Waals surface area contributed by atoms with Crippen molar-refractivity contribution in [3.8, 4) is 0 Å². The first kappa shape index (κ1) is 18.3. The van der Waals surface area contributed by atoms with E-state index in [0.29, 0.717) is 16.7 Å². The Morgan fingerprint density at radius 3 is 2.52 bits per heavy atom. The highest BCUT2D eigenvalue weighted by molar-refractivity contribution is 5.09. The standard InChI is InChI=1S/C24H42O/c1-5-24-13-6-7-16(2)15-18(24)8-9-19-21-11-10-20(17(3)25)23(21,4)14-12-22(19)24/h16-22,25H,5-15H2,1-4H3. The summed E-state index contributed by atoms with van der Waals surface area (Å²) in [5.74, 6) is 5.38. The maximum atomic E-state index is 10.4. The van der Waals surface area contributed by atoms with Crippen LogP contribution in [-0.4, -0.2) is 11.2 Å². The first-order valence-electron chi connectivity index (χ1n) is 11.6. The summed E-state index contributed by atoms with van der Waals surface area (Å²) in [6.07, 6.45) is 15.8. The Kier molecular flexibility index (Phi) is 4.79. The van der Waals surface area contributed by atoms with Crippen LogP contribution in [0.15, 0.2) is 0 Å². The van der Waals surface area contributed by atoms with Gasteiger partial charge in [0.05, 0.1) is 6.10 Å². The van der Waals surface area contributed by atoms with E-state index in [9.17, 15) is 5.11 Å². The highest BCUT2D eigenvalue weighted by atomic mass is 16.3. The molecule has 1 nitrogen and oxygen atoms in total. The fourth-order valence-corrected chi connectivity index (χ4v) is 9.07. The molecule has 0 bridgehead atoms. The molecule has 0 aromatic rings. The summed E-state index contributed by atoms with van der Waals surface area (Å²) in [6, 6.07) is 0. The van der Waals surface area contributed by atoms with Crippen LogP contribution in [0.25, 0.3) is 0 Å². The number of hydrogen-bond acceptors (Lipinski definition) is 1. The van der Waals surface area contributed by atoms with Crippen LogP contribution in [-0.2, 0) is 0 Å². The Bertz CT molecular complexity index is 484. The largest absolute Gasteiger partial charge is 0.393 e. The lowest BCUT2D eigenvalue weighted by molar-refractivity contribution is -0.118. The molecule has 0 spiro atoms. The molecule has 4 saturated carbocycles. The summed E-state index contributed by atoms with van der Waals surface area (Å²) in [5, 5.41) is 10.4. The molecule has 144 valence electrons. The molecule has 9 unspecified atom stereocenters. The molecule has 4 rings (SSSR count). The maximum Gasteiger partial charge on any atom is 0.0545 e. The second-order valence-electron chi connectivity index (χ2n) is 10.9. The van der Waals surface area contributed by atoms with Gasteiger partial charge >= 0.3 is 0 Å². The van der Waals surface area contributed by atoms with Crippen LogP contribution in [0.5, 0.6) is 0 Å². The quantitative estimate of drug-likeness (QED) is 0.610. The third-order valence-electron chi connectivity index (χ3n) is 10.2. The molecule has 0 saturated heterocycles. The molecular formula is C24H42O. The zero-order valence-corrected chi connectivity index (χ0v) is 17.3. The second-order valence-corrected chi connectivity index (χ2v) is 10.9. The van der Waals surface area contributed by atoms with E-state index >= 15 is 0 Å². The van der Waals surface area contributed by atoms with E-state index in [1.807, 2.05) is 0 Å². The summed E-state index contributed by atoms with van der Waals surface area (Å²) in [4.78, 5) is 0. The first-order valence-corrected chi connectivity index (χ1v) is 11.6. The fourth-order valence-electron chi connectivity index (χ4n) is 9.07. The monoisotopic (exact) mass is 346 g/mol. The number of hydrogen-bond donors (Lipinski definition) is 1. The van der Waals surface area contributed by atoms with Gasteiger partial charge in [-0.25, -0.2) is 0 Å². The average Bonchev–Trinajstić information content (AvgIpc) is 2.84. The lowest BCUT2D eigenvalue weighted by Crippen LogP contribution is -2.53. The van der Waals surface area contributed by atoms with E-state index < -0.39 is 0 Å². The summed E-state index contributed by atoms with van der Waals surface area (Å²) >= 11 is 0. The van der Waals surface area contributed by atoms with Gasteiger partial charge in [-0.15, -0.1) is 0 Å². The third-order valence-corrected chi connectivity index (χ3v) is 10.2. The van der Waals surface area contributed by atoms with Crippen molar-refractivity contribution in [1.29, 1.82) is 0 Å². The van der Waals surface area contributed by atoms with Gasteiger partial charge in [-0.2, -0.15) is 0 Å². The molecule has 0 amide bonds. The van der Waals surface area contributed by atoms with Crippen molar-refractivity contribution in [2.75, 3.05) is 0 Å². The van der Waals surface area contributed by atoms with Gasteiger partial charge in [0.15, 0.2) is 0 Å². The Morgan fingerprint density at radius 2 is 1.80 bits per heavy atom. The van der Waals surface area contributed by atoms with Gasteiger partial charge in [-0.05, 0) is 111 Å². The maximum absolute atomic E-state index is 10.4. The number of aliphatic hydroxyl groups excluding tert-OH is 1. The van der Waals surface area contributed by atoms with Crippen LogP contribution in [0, 0.1) is 46.3 Å². The lowest BCUT2D eigenvalue weighted by atomic mass is 9.45. The predicted octanol–water partition coefficient (Wildman–Crippen LogP) is 6.44. The minimum Gasteiger partial charge on any atom is -0.393 e. The molecule has 4 fully saturated rings. The van der Waals surface area contributed by atoms with E-state index in [2.05, 4.69) is 27.7 Å². The van der Waals surface area contributed by atoms with Crippen LogP contribution in [0.3, 0.4) is 0 Å². The van der Waals surface area contributed by atoms with Crippen molar-refractivity contribution in [1.82, 2.24) is 0 Å².